The van der Waals surface area contributed by atoms with Gasteiger partial charge in [-0.15, -0.1) is 0 Å². The third-order valence-corrected chi connectivity index (χ3v) is 12.8. The van der Waals surface area contributed by atoms with Crippen LogP contribution in [-0.2, 0) is 0 Å². The van der Waals surface area contributed by atoms with Crippen LogP contribution in [0.25, 0.3) is 72.3 Å². The van der Waals surface area contributed by atoms with Crippen molar-refractivity contribution in [3.05, 3.63) is 195 Å². The van der Waals surface area contributed by atoms with Gasteiger partial charge >= 0.3 is 0 Å². The van der Waals surface area contributed by atoms with Crippen LogP contribution < -0.4 is 14.5 Å². The molecular formula is C51H40N4OSi. The van der Waals surface area contributed by atoms with Gasteiger partial charge in [0.25, 0.3) is 6.33 Å². The average Bonchev–Trinajstić information content (AvgIpc) is 3.80. The van der Waals surface area contributed by atoms with Crippen molar-refractivity contribution < 1.29 is 9.30 Å². The Morgan fingerprint density at radius 2 is 1.18 bits per heavy atom. The van der Waals surface area contributed by atoms with E-state index in [1.54, 1.807) is 0 Å². The van der Waals surface area contributed by atoms with Gasteiger partial charge in [-0.1, -0.05) is 152 Å². The second kappa shape index (κ2) is 13.9. The van der Waals surface area contributed by atoms with Gasteiger partial charge in [-0.3, -0.25) is 13.7 Å². The first-order valence-corrected chi connectivity index (χ1v) is 22.9. The summed E-state index contributed by atoms with van der Waals surface area (Å²) in [5.74, 6) is 2.42. The molecule has 0 atom stereocenters. The Kier molecular flexibility index (Phi) is 8.42. The molecule has 0 N–H and O–H groups in total. The van der Waals surface area contributed by atoms with Crippen LogP contribution in [0.4, 0.5) is 0 Å². The van der Waals surface area contributed by atoms with Crippen LogP contribution in [0.1, 0.15) is 0 Å². The summed E-state index contributed by atoms with van der Waals surface area (Å²) < 4.78 is 13.3. The molecule has 0 bridgehead atoms. The maximum atomic E-state index is 6.71. The first-order valence-electron chi connectivity index (χ1n) is 19.4. The molecule has 0 spiro atoms. The fourth-order valence-corrected chi connectivity index (χ4v) is 9.13. The van der Waals surface area contributed by atoms with Crippen LogP contribution in [0.15, 0.2) is 188 Å². The molecule has 10 aromatic rings. The van der Waals surface area contributed by atoms with E-state index in [9.17, 15) is 0 Å². The van der Waals surface area contributed by atoms with Gasteiger partial charge in [0.05, 0.1) is 41.5 Å². The largest absolute Gasteiger partial charge is 0.458 e. The predicted molar refractivity (Wildman–Crippen MR) is 236 cm³/mol. The molecule has 7 aromatic carbocycles. The molecule has 274 valence electrons. The van der Waals surface area contributed by atoms with Crippen LogP contribution in [-0.4, -0.2) is 22.2 Å². The normalized spacial score (nSPS) is 11.8. The van der Waals surface area contributed by atoms with Gasteiger partial charge in [0, 0.05) is 23.0 Å². The van der Waals surface area contributed by atoms with Gasteiger partial charge in [-0.2, -0.15) is 0 Å². The van der Waals surface area contributed by atoms with Crippen molar-refractivity contribution >= 4 is 46.1 Å². The highest BCUT2D eigenvalue weighted by Gasteiger charge is 2.21. The summed E-state index contributed by atoms with van der Waals surface area (Å²) in [6.07, 6.45) is 5.73. The van der Waals surface area contributed by atoms with Crippen LogP contribution in [0.5, 0.6) is 11.5 Å². The van der Waals surface area contributed by atoms with E-state index in [-0.39, 0.29) is 0 Å². The summed E-state index contributed by atoms with van der Waals surface area (Å²) in [6, 6.07) is 63.9. The van der Waals surface area contributed by atoms with Crippen molar-refractivity contribution in [3.8, 4) is 50.9 Å². The van der Waals surface area contributed by atoms with E-state index < -0.39 is 8.07 Å². The molecule has 3 aromatic heterocycles. The van der Waals surface area contributed by atoms with Crippen molar-refractivity contribution in [2.45, 2.75) is 19.6 Å². The highest BCUT2D eigenvalue weighted by molar-refractivity contribution is 6.88. The van der Waals surface area contributed by atoms with Gasteiger partial charge in [0.1, 0.15) is 17.3 Å². The smallest absolute Gasteiger partial charge is 0.269 e. The summed E-state index contributed by atoms with van der Waals surface area (Å²) in [5, 5.41) is 3.72. The molecule has 0 saturated heterocycles. The quantitative estimate of drug-likeness (QED) is 0.0880. The molecule has 3 heterocycles. The van der Waals surface area contributed by atoms with Crippen LogP contribution in [0, 0.1) is 6.33 Å². The molecule has 0 radical (unpaired) electrons. The summed E-state index contributed by atoms with van der Waals surface area (Å²) >= 11 is 0. The minimum absolute atomic E-state index is 0.737. The first-order chi connectivity index (χ1) is 27.9. The van der Waals surface area contributed by atoms with Crippen LogP contribution >= 0.6 is 0 Å². The Bertz CT molecular complexity index is 3030. The van der Waals surface area contributed by atoms with E-state index in [2.05, 4.69) is 210 Å². The third kappa shape index (κ3) is 6.21. The standard InChI is InChI=1S/C51H40N4OSi/c1-57(2,3)41-30-31-52-50(34-41)55-46-25-11-10-22-44(46)45-29-28-40(33-49(45)55)56-39-21-14-20-38(32-39)53-35-54(48-27-13-12-26-47(48)53)51-42(36-16-6-4-7-17-36)23-15-24-43(51)37-18-8-5-9-19-37/h4-34H,1-3H3. The number of aromatic nitrogens is 4. The van der Waals surface area contributed by atoms with Gasteiger partial charge in [-0.25, -0.2) is 4.98 Å². The molecule has 5 nitrogen and oxygen atoms in total. The first kappa shape index (κ1) is 34.5. The van der Waals surface area contributed by atoms with Gasteiger partial charge < -0.3 is 4.74 Å². The summed E-state index contributed by atoms with van der Waals surface area (Å²) in [7, 11) is -1.56. The minimum atomic E-state index is -1.56. The predicted octanol–water partition coefficient (Wildman–Crippen LogP) is 11.9. The number of pyridine rings is 1. The number of benzene rings is 7. The van der Waals surface area contributed by atoms with Crippen molar-refractivity contribution in [1.82, 2.24) is 14.1 Å². The Hall–Kier alpha value is -7.02. The zero-order chi connectivity index (χ0) is 38.5. The van der Waals surface area contributed by atoms with Crippen LogP contribution in [0.3, 0.4) is 0 Å². The second-order valence-electron chi connectivity index (χ2n) is 15.5. The molecule has 0 fully saturated rings. The van der Waals surface area contributed by atoms with E-state index in [0.717, 1.165) is 78.4 Å². The fourth-order valence-electron chi connectivity index (χ4n) is 7.99. The highest BCUT2D eigenvalue weighted by atomic mass is 28.3. The Balaban J connectivity index is 1.08. The fraction of sp³-hybridized carbons (Fsp3) is 0.0588. The molecule has 0 unspecified atom stereocenters. The number of imidazole rings is 1. The Labute approximate surface area is 333 Å². The maximum Gasteiger partial charge on any atom is 0.269 e. The number of hydrogen-bond acceptors (Lipinski definition) is 2. The lowest BCUT2D eigenvalue weighted by Crippen LogP contribution is -2.37. The lowest BCUT2D eigenvalue weighted by molar-refractivity contribution is -0.571. The van der Waals surface area contributed by atoms with E-state index >= 15 is 0 Å². The number of ether oxygens (including phenoxy) is 1. The number of fused-ring (bicyclic) bond motifs is 4. The van der Waals surface area contributed by atoms with E-state index in [1.165, 1.54) is 10.6 Å². The summed E-state index contributed by atoms with van der Waals surface area (Å²) in [5.41, 5.74) is 10.9. The molecular weight excluding hydrogens is 713 g/mol. The van der Waals surface area contributed by atoms with Gasteiger partial charge in [-0.05, 0) is 70.8 Å². The highest BCUT2D eigenvalue weighted by Crippen LogP contribution is 2.37. The van der Waals surface area contributed by atoms with E-state index in [4.69, 9.17) is 9.72 Å². The molecule has 57 heavy (non-hydrogen) atoms. The molecule has 0 aliphatic heterocycles. The number of para-hydroxylation sites is 4. The maximum absolute atomic E-state index is 6.71. The lowest BCUT2D eigenvalue weighted by Gasteiger charge is -2.18. The summed E-state index contributed by atoms with van der Waals surface area (Å²) in [4.78, 5) is 4.88. The molecule has 6 heteroatoms. The SMILES string of the molecule is C[Si](C)(C)c1ccnc(-n2c3ccccc3c3ccc(Oc4cccc(-n5[c-][n+](-c6c(-c7ccccc7)cccc6-c6ccccc6)c6ccccc65)c4)cc32)c1. The molecule has 0 aliphatic carbocycles. The zero-order valence-electron chi connectivity index (χ0n) is 32.1. The molecule has 0 aliphatic rings. The monoisotopic (exact) mass is 752 g/mol. The third-order valence-electron chi connectivity index (χ3n) is 10.8. The number of nitrogens with zero attached hydrogens (tertiary/aromatic N) is 4. The van der Waals surface area contributed by atoms with Crippen molar-refractivity contribution in [2.75, 3.05) is 0 Å². The number of hydrogen-bond donors (Lipinski definition) is 0. The number of rotatable bonds is 8. The molecule has 0 amide bonds. The van der Waals surface area contributed by atoms with Gasteiger partial charge in [0.15, 0.2) is 0 Å². The Morgan fingerprint density at radius 3 is 1.91 bits per heavy atom. The van der Waals surface area contributed by atoms with Crippen LogP contribution in [0.2, 0.25) is 19.6 Å². The van der Waals surface area contributed by atoms with Crippen molar-refractivity contribution in [2.24, 2.45) is 0 Å². The molecule has 10 rings (SSSR count). The lowest BCUT2D eigenvalue weighted by atomic mass is 9.95. The summed E-state index contributed by atoms with van der Waals surface area (Å²) in [6.45, 7) is 7.12. The van der Waals surface area contributed by atoms with E-state index in [1.807, 2.05) is 18.3 Å². The van der Waals surface area contributed by atoms with Crippen molar-refractivity contribution in [1.29, 1.82) is 0 Å². The Morgan fingerprint density at radius 1 is 0.544 bits per heavy atom. The molecule has 0 saturated carbocycles. The second-order valence-corrected chi connectivity index (χ2v) is 20.6. The van der Waals surface area contributed by atoms with Gasteiger partial charge in [0.2, 0.25) is 0 Å². The minimum Gasteiger partial charge on any atom is -0.458 e. The topological polar surface area (TPSA) is 35.9 Å². The zero-order valence-corrected chi connectivity index (χ0v) is 33.1. The average molecular weight is 753 g/mol. The van der Waals surface area contributed by atoms with E-state index in [0.29, 0.717) is 0 Å². The van der Waals surface area contributed by atoms with Crippen molar-refractivity contribution in [3.63, 3.8) is 0 Å².